The molecular formula is C27H34FN5O5. The van der Waals surface area contributed by atoms with Gasteiger partial charge in [-0.05, 0) is 78.1 Å². The lowest BCUT2D eigenvalue weighted by atomic mass is 10.1. The van der Waals surface area contributed by atoms with Crippen molar-refractivity contribution >= 4 is 23.5 Å². The number of esters is 1. The number of hydrogen-bond acceptors (Lipinski definition) is 8. The second kappa shape index (κ2) is 11.2. The summed E-state index contributed by atoms with van der Waals surface area (Å²) in [7, 11) is 0. The molecule has 0 radical (unpaired) electrons. The van der Waals surface area contributed by atoms with Gasteiger partial charge in [0.05, 0.1) is 24.9 Å². The van der Waals surface area contributed by atoms with Crippen molar-refractivity contribution in [3.05, 3.63) is 53.6 Å². The number of carbonyl (C=O) groups excluding carboxylic acids is 2. The molecule has 2 heterocycles. The van der Waals surface area contributed by atoms with E-state index in [1.54, 1.807) is 25.3 Å². The maximum absolute atomic E-state index is 14.3. The molecule has 10 nitrogen and oxygen atoms in total. The average molecular weight is 528 g/mol. The number of ether oxygens (including phenoxy) is 3. The van der Waals surface area contributed by atoms with E-state index >= 15 is 0 Å². The number of amides is 1. The highest BCUT2D eigenvalue weighted by molar-refractivity contribution is 5.95. The van der Waals surface area contributed by atoms with Gasteiger partial charge >= 0.3 is 12.1 Å². The van der Waals surface area contributed by atoms with Crippen LogP contribution in [0.5, 0.6) is 5.75 Å². The predicted octanol–water partition coefficient (Wildman–Crippen LogP) is 5.04. The molecule has 4 rings (SSSR count). The second-order valence-corrected chi connectivity index (χ2v) is 10.2. The summed E-state index contributed by atoms with van der Waals surface area (Å²) in [4.78, 5) is 29.1. The molecule has 0 unspecified atom stereocenters. The number of nitrogens with one attached hydrogen (secondary N) is 2. The van der Waals surface area contributed by atoms with Crippen LogP contribution in [0, 0.1) is 5.82 Å². The van der Waals surface area contributed by atoms with Crippen molar-refractivity contribution in [2.45, 2.75) is 77.7 Å². The lowest BCUT2D eigenvalue weighted by Crippen LogP contribution is -2.44. The lowest BCUT2D eigenvalue weighted by molar-refractivity contribution is 0.0462. The largest absolute Gasteiger partial charge is 0.488 e. The van der Waals surface area contributed by atoms with Gasteiger partial charge in [-0.1, -0.05) is 0 Å². The standard InChI is InChI=1S/C27H34FN5O5/c1-6-36-25(34)19-15-29-33-13-12-23(32-24(19)33)30-16(2)18-14-17(28)10-11-21(18)37-22-9-7-8-20(22)31-26(35)38-27(3,4)5/h10-16,20,22H,6-9H2,1-5H3,(H,30,32)(H,31,35)/t16-,20+,22-/m1/s1. The monoisotopic (exact) mass is 527 g/mol. The van der Waals surface area contributed by atoms with Gasteiger partial charge in [0, 0.05) is 11.8 Å². The third-order valence-electron chi connectivity index (χ3n) is 6.10. The Balaban J connectivity index is 1.51. The van der Waals surface area contributed by atoms with Crippen LogP contribution in [0.3, 0.4) is 0 Å². The van der Waals surface area contributed by atoms with Crippen LogP contribution < -0.4 is 15.4 Å². The lowest BCUT2D eigenvalue weighted by Gasteiger charge is -2.27. The minimum Gasteiger partial charge on any atom is -0.488 e. The minimum absolute atomic E-state index is 0.224. The van der Waals surface area contributed by atoms with Gasteiger partial charge in [-0.25, -0.2) is 23.5 Å². The smallest absolute Gasteiger partial charge is 0.408 e. The Bertz CT molecular complexity index is 1300. The maximum atomic E-state index is 14.3. The Kier molecular flexibility index (Phi) is 8.03. The van der Waals surface area contributed by atoms with E-state index in [4.69, 9.17) is 14.2 Å². The molecule has 1 aliphatic carbocycles. The predicted molar refractivity (Wildman–Crippen MR) is 139 cm³/mol. The molecule has 0 bridgehead atoms. The third kappa shape index (κ3) is 6.51. The number of carbonyl (C=O) groups is 2. The normalized spacial score (nSPS) is 18.2. The van der Waals surface area contributed by atoms with Gasteiger partial charge in [-0.15, -0.1) is 0 Å². The average Bonchev–Trinajstić information content (AvgIpc) is 3.45. The molecule has 0 spiro atoms. The molecule has 1 aliphatic rings. The molecule has 38 heavy (non-hydrogen) atoms. The Hall–Kier alpha value is -3.89. The van der Waals surface area contributed by atoms with Crippen molar-refractivity contribution < 1.29 is 28.2 Å². The van der Waals surface area contributed by atoms with E-state index in [2.05, 4.69) is 20.7 Å². The zero-order chi connectivity index (χ0) is 27.4. The quantitative estimate of drug-likeness (QED) is 0.391. The van der Waals surface area contributed by atoms with Gasteiger partial charge < -0.3 is 24.8 Å². The van der Waals surface area contributed by atoms with Crippen LogP contribution in [-0.2, 0) is 9.47 Å². The zero-order valence-electron chi connectivity index (χ0n) is 22.3. The van der Waals surface area contributed by atoms with Crippen LogP contribution in [0.15, 0.2) is 36.7 Å². The first-order chi connectivity index (χ1) is 18.0. The summed E-state index contributed by atoms with van der Waals surface area (Å²) in [5, 5.41) is 10.3. The maximum Gasteiger partial charge on any atom is 0.408 e. The molecule has 0 aliphatic heterocycles. The third-order valence-corrected chi connectivity index (χ3v) is 6.10. The molecule has 1 saturated carbocycles. The number of nitrogens with zero attached hydrogens (tertiary/aromatic N) is 3. The van der Waals surface area contributed by atoms with Crippen LogP contribution in [0.25, 0.3) is 5.65 Å². The van der Waals surface area contributed by atoms with Crippen LogP contribution in [-0.4, -0.2) is 51.0 Å². The van der Waals surface area contributed by atoms with Crippen LogP contribution >= 0.6 is 0 Å². The molecule has 3 aromatic rings. The number of anilines is 1. The van der Waals surface area contributed by atoms with E-state index in [0.717, 1.165) is 19.3 Å². The van der Waals surface area contributed by atoms with Gasteiger partial charge in [-0.3, -0.25) is 0 Å². The summed E-state index contributed by atoms with van der Waals surface area (Å²) in [5.41, 5.74) is 0.588. The van der Waals surface area contributed by atoms with Gasteiger partial charge in [0.15, 0.2) is 5.65 Å². The fourth-order valence-electron chi connectivity index (χ4n) is 4.42. The highest BCUT2D eigenvalue weighted by Gasteiger charge is 2.32. The van der Waals surface area contributed by atoms with E-state index in [0.29, 0.717) is 22.8 Å². The van der Waals surface area contributed by atoms with Crippen LogP contribution in [0.4, 0.5) is 15.0 Å². The van der Waals surface area contributed by atoms with Crippen molar-refractivity contribution in [2.24, 2.45) is 0 Å². The van der Waals surface area contributed by atoms with Crippen molar-refractivity contribution in [3.8, 4) is 5.75 Å². The number of halogens is 1. The first kappa shape index (κ1) is 27.2. The topological polar surface area (TPSA) is 116 Å². The van der Waals surface area contributed by atoms with Gasteiger partial charge in [0.2, 0.25) is 0 Å². The summed E-state index contributed by atoms with van der Waals surface area (Å²) in [6.07, 6.45) is 4.70. The SMILES string of the molecule is CCOC(=O)c1cnn2ccc(N[C@H](C)c3cc(F)ccc3O[C@@H]3CCC[C@@H]3NC(=O)OC(C)(C)C)nc12. The molecule has 11 heteroatoms. The Morgan fingerprint density at radius 1 is 1.24 bits per heavy atom. The number of alkyl carbamates (subject to hydrolysis) is 1. The molecule has 204 valence electrons. The zero-order valence-corrected chi connectivity index (χ0v) is 22.3. The number of fused-ring (bicyclic) bond motifs is 1. The first-order valence-corrected chi connectivity index (χ1v) is 12.8. The van der Waals surface area contributed by atoms with Crippen LogP contribution in [0.2, 0.25) is 0 Å². The van der Waals surface area contributed by atoms with E-state index in [-0.39, 0.29) is 24.3 Å². The van der Waals surface area contributed by atoms with Gasteiger partial charge in [0.1, 0.15) is 34.7 Å². The van der Waals surface area contributed by atoms with E-state index in [1.165, 1.54) is 22.8 Å². The van der Waals surface area contributed by atoms with E-state index in [1.807, 2.05) is 27.7 Å². The molecular weight excluding hydrogens is 493 g/mol. The highest BCUT2D eigenvalue weighted by atomic mass is 19.1. The molecule has 1 aromatic carbocycles. The van der Waals surface area contributed by atoms with Crippen molar-refractivity contribution in [3.63, 3.8) is 0 Å². The summed E-state index contributed by atoms with van der Waals surface area (Å²) in [6, 6.07) is 5.45. The fraction of sp³-hybridized carbons (Fsp3) is 0.481. The molecule has 2 N–H and O–H groups in total. The molecule has 0 saturated heterocycles. The van der Waals surface area contributed by atoms with E-state index < -0.39 is 29.5 Å². The molecule has 2 aromatic heterocycles. The Morgan fingerprint density at radius 2 is 2.03 bits per heavy atom. The molecule has 1 amide bonds. The summed E-state index contributed by atoms with van der Waals surface area (Å²) < 4.78 is 32.6. The second-order valence-electron chi connectivity index (χ2n) is 10.2. The van der Waals surface area contributed by atoms with Crippen molar-refractivity contribution in [2.75, 3.05) is 11.9 Å². The van der Waals surface area contributed by atoms with Crippen molar-refractivity contribution in [1.82, 2.24) is 19.9 Å². The molecule has 3 atom stereocenters. The number of hydrogen-bond donors (Lipinski definition) is 2. The van der Waals surface area contributed by atoms with Gasteiger partial charge in [0.25, 0.3) is 0 Å². The Labute approximate surface area is 220 Å². The fourth-order valence-corrected chi connectivity index (χ4v) is 4.42. The summed E-state index contributed by atoms with van der Waals surface area (Å²) in [6.45, 7) is 9.26. The Morgan fingerprint density at radius 3 is 2.76 bits per heavy atom. The molecule has 1 fully saturated rings. The van der Waals surface area contributed by atoms with Gasteiger partial charge in [-0.2, -0.15) is 5.10 Å². The van der Waals surface area contributed by atoms with Crippen LogP contribution in [0.1, 0.15) is 75.8 Å². The van der Waals surface area contributed by atoms with E-state index in [9.17, 15) is 14.0 Å². The number of benzene rings is 1. The summed E-state index contributed by atoms with van der Waals surface area (Å²) in [5.74, 6) is 0.0651. The van der Waals surface area contributed by atoms with Crippen molar-refractivity contribution in [1.29, 1.82) is 0 Å². The summed E-state index contributed by atoms with van der Waals surface area (Å²) >= 11 is 0. The number of aromatic nitrogens is 3. The number of rotatable bonds is 8. The first-order valence-electron chi connectivity index (χ1n) is 12.8. The highest BCUT2D eigenvalue weighted by Crippen LogP contribution is 2.32. The minimum atomic E-state index is -0.602.